The highest BCUT2D eigenvalue weighted by Crippen LogP contribution is 2.40. The van der Waals surface area contributed by atoms with E-state index in [9.17, 15) is 0 Å². The van der Waals surface area contributed by atoms with Crippen molar-refractivity contribution in [1.29, 1.82) is 0 Å². The Morgan fingerprint density at radius 3 is 2.79 bits per heavy atom. The van der Waals surface area contributed by atoms with Crippen LogP contribution in [0.3, 0.4) is 0 Å². The van der Waals surface area contributed by atoms with E-state index in [1.165, 1.54) is 61.0 Å². The highest BCUT2D eigenvalue weighted by atomic mass is 32.1. The Hall–Kier alpha value is -1.16. The molecule has 0 bridgehead atoms. The summed E-state index contributed by atoms with van der Waals surface area (Å²) in [5.74, 6) is 1.18. The highest BCUT2D eigenvalue weighted by molar-refractivity contribution is 7.19. The highest BCUT2D eigenvalue weighted by Gasteiger charge is 2.27. The van der Waals surface area contributed by atoms with Gasteiger partial charge in [0, 0.05) is 18.0 Å². The molecule has 1 saturated carbocycles. The van der Waals surface area contributed by atoms with Crippen LogP contribution in [0.1, 0.15) is 42.5 Å². The van der Waals surface area contributed by atoms with Gasteiger partial charge in [0.05, 0.1) is 5.39 Å². The van der Waals surface area contributed by atoms with E-state index in [1.807, 2.05) is 11.3 Å². The molecule has 1 fully saturated rings. The number of hydrogen-bond acceptors (Lipinski definition) is 4. The topological polar surface area (TPSA) is 29.0 Å². The Labute approximate surface area is 117 Å². The predicted molar refractivity (Wildman–Crippen MR) is 80.1 cm³/mol. The normalized spacial score (nSPS) is 19.2. The molecule has 100 valence electrons. The van der Waals surface area contributed by atoms with Crippen molar-refractivity contribution < 1.29 is 0 Å². The first-order chi connectivity index (χ1) is 9.34. The average Bonchev–Trinajstić information content (AvgIpc) is 2.74. The maximum atomic E-state index is 4.61. The Morgan fingerprint density at radius 1 is 1.16 bits per heavy atom. The standard InChI is InChI=1S/C15H19N3S/c1-18(10-5-4-6-10)14-13-11-7-2-3-8-12(11)19-15(13)17-9-16-14/h9-10H,2-8H2,1H3. The molecule has 2 aromatic rings. The van der Waals surface area contributed by atoms with Gasteiger partial charge in [0.1, 0.15) is 17.0 Å². The van der Waals surface area contributed by atoms with E-state index in [4.69, 9.17) is 0 Å². The molecule has 3 nitrogen and oxygen atoms in total. The van der Waals surface area contributed by atoms with Crippen LogP contribution in [0.2, 0.25) is 0 Å². The van der Waals surface area contributed by atoms with Crippen LogP contribution in [0.4, 0.5) is 5.82 Å². The molecule has 0 radical (unpaired) electrons. The second-order valence-electron chi connectivity index (χ2n) is 5.78. The molecule has 4 rings (SSSR count). The zero-order valence-corrected chi connectivity index (χ0v) is 12.2. The van der Waals surface area contributed by atoms with E-state index in [1.54, 1.807) is 16.8 Å². The monoisotopic (exact) mass is 273 g/mol. The first kappa shape index (κ1) is 11.6. The van der Waals surface area contributed by atoms with Crippen LogP contribution in [0.25, 0.3) is 10.2 Å². The number of nitrogens with zero attached hydrogens (tertiary/aromatic N) is 3. The van der Waals surface area contributed by atoms with E-state index in [0.29, 0.717) is 6.04 Å². The van der Waals surface area contributed by atoms with Crippen molar-refractivity contribution >= 4 is 27.4 Å². The molecule has 0 saturated heterocycles. The number of aryl methyl sites for hydroxylation is 2. The fourth-order valence-corrected chi connectivity index (χ4v) is 4.51. The van der Waals surface area contributed by atoms with Crippen molar-refractivity contribution in [1.82, 2.24) is 9.97 Å². The van der Waals surface area contributed by atoms with E-state index >= 15 is 0 Å². The first-order valence-corrected chi connectivity index (χ1v) is 8.14. The van der Waals surface area contributed by atoms with Crippen LogP contribution in [-0.4, -0.2) is 23.1 Å². The van der Waals surface area contributed by atoms with Gasteiger partial charge in [-0.2, -0.15) is 0 Å². The minimum atomic E-state index is 0.692. The van der Waals surface area contributed by atoms with Crippen molar-refractivity contribution in [2.24, 2.45) is 0 Å². The Kier molecular flexibility index (Phi) is 2.72. The van der Waals surface area contributed by atoms with Crippen LogP contribution in [0, 0.1) is 0 Å². The molecule has 0 N–H and O–H groups in total. The molecule has 2 aliphatic rings. The molecule has 0 unspecified atom stereocenters. The van der Waals surface area contributed by atoms with Crippen LogP contribution in [0.5, 0.6) is 0 Å². The van der Waals surface area contributed by atoms with Gasteiger partial charge in [-0.15, -0.1) is 11.3 Å². The van der Waals surface area contributed by atoms with Gasteiger partial charge in [-0.3, -0.25) is 0 Å². The van der Waals surface area contributed by atoms with Crippen molar-refractivity contribution in [3.05, 3.63) is 16.8 Å². The van der Waals surface area contributed by atoms with Crippen LogP contribution in [0.15, 0.2) is 6.33 Å². The summed E-state index contributed by atoms with van der Waals surface area (Å²) in [6, 6.07) is 0.692. The third-order valence-corrected chi connectivity index (χ3v) is 5.89. The molecule has 0 atom stereocenters. The summed E-state index contributed by atoms with van der Waals surface area (Å²) in [5.41, 5.74) is 1.55. The molecule has 0 aromatic carbocycles. The fourth-order valence-electron chi connectivity index (χ4n) is 3.29. The van der Waals surface area contributed by atoms with E-state index < -0.39 is 0 Å². The predicted octanol–water partition coefficient (Wildman–Crippen LogP) is 3.56. The number of thiophene rings is 1. The lowest BCUT2D eigenvalue weighted by atomic mass is 9.91. The summed E-state index contributed by atoms with van der Waals surface area (Å²) in [5, 5.41) is 1.36. The molecule has 2 aromatic heterocycles. The smallest absolute Gasteiger partial charge is 0.141 e. The van der Waals surface area contributed by atoms with Crippen LogP contribution < -0.4 is 4.90 Å². The second-order valence-corrected chi connectivity index (χ2v) is 6.87. The maximum absolute atomic E-state index is 4.61. The van der Waals surface area contributed by atoms with Gasteiger partial charge < -0.3 is 4.90 Å². The number of anilines is 1. The van der Waals surface area contributed by atoms with Crippen LogP contribution >= 0.6 is 11.3 Å². The fraction of sp³-hybridized carbons (Fsp3) is 0.600. The van der Waals surface area contributed by atoms with Crippen molar-refractivity contribution in [3.63, 3.8) is 0 Å². The second kappa shape index (κ2) is 4.44. The van der Waals surface area contributed by atoms with Crippen molar-refractivity contribution in [2.45, 2.75) is 51.0 Å². The van der Waals surface area contributed by atoms with Gasteiger partial charge in [-0.25, -0.2) is 9.97 Å². The number of rotatable bonds is 2. The molecular formula is C15H19N3S. The van der Waals surface area contributed by atoms with Gasteiger partial charge in [-0.1, -0.05) is 0 Å². The third-order valence-electron chi connectivity index (χ3n) is 4.69. The van der Waals surface area contributed by atoms with Crippen molar-refractivity contribution in [2.75, 3.05) is 11.9 Å². The number of hydrogen-bond donors (Lipinski definition) is 0. The summed E-state index contributed by atoms with van der Waals surface area (Å²) in [4.78, 5) is 14.3. The lowest BCUT2D eigenvalue weighted by Crippen LogP contribution is -2.37. The quantitative estimate of drug-likeness (QED) is 0.837. The minimum absolute atomic E-state index is 0.692. The summed E-state index contributed by atoms with van der Waals surface area (Å²) < 4.78 is 0. The van der Waals surface area contributed by atoms with Crippen LogP contribution in [-0.2, 0) is 12.8 Å². The molecule has 0 aliphatic heterocycles. The van der Waals surface area contributed by atoms with E-state index in [-0.39, 0.29) is 0 Å². The lowest BCUT2D eigenvalue weighted by molar-refractivity contribution is 0.400. The van der Waals surface area contributed by atoms with Gasteiger partial charge in [0.2, 0.25) is 0 Å². The lowest BCUT2D eigenvalue weighted by Gasteiger charge is -2.36. The molecule has 19 heavy (non-hydrogen) atoms. The largest absolute Gasteiger partial charge is 0.356 e. The molecule has 2 aliphatic carbocycles. The average molecular weight is 273 g/mol. The molecule has 2 heterocycles. The number of fused-ring (bicyclic) bond motifs is 3. The maximum Gasteiger partial charge on any atom is 0.141 e. The first-order valence-electron chi connectivity index (χ1n) is 7.32. The summed E-state index contributed by atoms with van der Waals surface area (Å²) in [6.07, 6.45) is 10.8. The van der Waals surface area contributed by atoms with Gasteiger partial charge in [0.15, 0.2) is 0 Å². The SMILES string of the molecule is CN(c1ncnc2sc3c(c12)CCCC3)C1CCC1. The van der Waals surface area contributed by atoms with Gasteiger partial charge in [0.25, 0.3) is 0 Å². The Balaban J connectivity index is 1.87. The zero-order valence-electron chi connectivity index (χ0n) is 11.4. The summed E-state index contributed by atoms with van der Waals surface area (Å²) >= 11 is 1.89. The van der Waals surface area contributed by atoms with Gasteiger partial charge in [-0.05, 0) is 50.5 Å². The summed E-state index contributed by atoms with van der Waals surface area (Å²) in [6.45, 7) is 0. The number of aromatic nitrogens is 2. The minimum Gasteiger partial charge on any atom is -0.356 e. The van der Waals surface area contributed by atoms with E-state index in [2.05, 4.69) is 21.9 Å². The van der Waals surface area contributed by atoms with Gasteiger partial charge >= 0.3 is 0 Å². The molecule has 4 heteroatoms. The molecule has 0 amide bonds. The van der Waals surface area contributed by atoms with Crippen molar-refractivity contribution in [3.8, 4) is 0 Å². The van der Waals surface area contributed by atoms with E-state index in [0.717, 1.165) is 0 Å². The molecule has 0 spiro atoms. The molecular weight excluding hydrogens is 254 g/mol. The Bertz CT molecular complexity index is 615. The third kappa shape index (κ3) is 1.76. The zero-order chi connectivity index (χ0) is 12.8. The summed E-state index contributed by atoms with van der Waals surface area (Å²) in [7, 11) is 2.21. The Morgan fingerprint density at radius 2 is 2.00 bits per heavy atom.